The third-order valence-electron chi connectivity index (χ3n) is 1.76. The molecule has 1 amide bonds. The number of nitrogens with two attached hydrogens (primary N) is 2. The molecule has 4 nitrogen and oxygen atoms in total. The fourth-order valence-electron chi connectivity index (χ4n) is 0.987. The van der Waals surface area contributed by atoms with E-state index in [9.17, 15) is 4.79 Å². The van der Waals surface area contributed by atoms with Gasteiger partial charge in [-0.1, -0.05) is 12.1 Å². The van der Waals surface area contributed by atoms with Gasteiger partial charge in [0, 0.05) is 16.8 Å². The smallest absolute Gasteiger partial charge is 0.234 e. The molecule has 0 unspecified atom stereocenters. The second-order valence-electron chi connectivity index (χ2n) is 2.88. The van der Waals surface area contributed by atoms with E-state index < -0.39 is 11.9 Å². The van der Waals surface area contributed by atoms with Gasteiger partial charge in [0.25, 0.3) is 0 Å². The second-order valence-corrected chi connectivity index (χ2v) is 2.88. The zero-order valence-corrected chi connectivity index (χ0v) is 8.48. The van der Waals surface area contributed by atoms with Crippen molar-refractivity contribution in [2.45, 2.75) is 12.5 Å². The van der Waals surface area contributed by atoms with Crippen LogP contribution in [0.2, 0.25) is 0 Å². The maximum absolute atomic E-state index is 10.6. The summed E-state index contributed by atoms with van der Waals surface area (Å²) in [5.41, 5.74) is 11.3. The number of phenolic OH excluding ortho intramolecular Hbond substituents is 1. The molecule has 1 aromatic carbocycles. The number of amides is 1. The minimum Gasteiger partial charge on any atom is -0.508 e. The molecule has 5 heteroatoms. The Bertz CT molecular complexity index is 300. The number of hydrogen-bond acceptors (Lipinski definition) is 3. The zero-order chi connectivity index (χ0) is 9.84. The Morgan fingerprint density at radius 1 is 1.36 bits per heavy atom. The van der Waals surface area contributed by atoms with Gasteiger partial charge in [0.15, 0.2) is 0 Å². The number of phenols is 1. The van der Waals surface area contributed by atoms with E-state index in [0.29, 0.717) is 6.42 Å². The summed E-state index contributed by atoms with van der Waals surface area (Å²) in [7, 11) is 0. The van der Waals surface area contributed by atoms with Gasteiger partial charge >= 0.3 is 0 Å². The number of carbonyl (C=O) groups is 1. The molecular weight excluding hydrogens is 227 g/mol. The number of rotatable bonds is 3. The first-order valence-electron chi connectivity index (χ1n) is 3.92. The van der Waals surface area contributed by atoms with Gasteiger partial charge in [0.2, 0.25) is 5.91 Å². The van der Waals surface area contributed by atoms with Crippen LogP contribution in [0.5, 0.6) is 5.75 Å². The normalized spacial score (nSPS) is 11.5. The van der Waals surface area contributed by atoms with Gasteiger partial charge in [0.05, 0.1) is 6.04 Å². The van der Waals surface area contributed by atoms with Crippen LogP contribution in [0.15, 0.2) is 24.3 Å². The summed E-state index contributed by atoms with van der Waals surface area (Å²) in [5, 5.41) is 8.98. The summed E-state index contributed by atoms with van der Waals surface area (Å²) >= 11 is 0. The third kappa shape index (κ3) is 3.78. The monoisotopic (exact) mass is 239 g/mol. The van der Waals surface area contributed by atoms with E-state index >= 15 is 0 Å². The van der Waals surface area contributed by atoms with Crippen LogP contribution in [0, 0.1) is 0 Å². The summed E-state index contributed by atoms with van der Waals surface area (Å²) in [6, 6.07) is 5.84. The van der Waals surface area contributed by atoms with E-state index in [2.05, 4.69) is 0 Å². The number of aromatic hydroxyl groups is 1. The van der Waals surface area contributed by atoms with Gasteiger partial charge < -0.3 is 16.6 Å². The first-order chi connectivity index (χ1) is 6.09. The molecule has 5 N–H and O–H groups in total. The van der Waals surface area contributed by atoms with Crippen LogP contribution in [-0.4, -0.2) is 17.1 Å². The van der Waals surface area contributed by atoms with Crippen molar-refractivity contribution in [1.29, 1.82) is 0 Å². The van der Waals surface area contributed by atoms with Crippen molar-refractivity contribution in [2.24, 2.45) is 11.5 Å². The van der Waals surface area contributed by atoms with Gasteiger partial charge in [0.1, 0.15) is 5.75 Å². The first kappa shape index (κ1) is 13.0. The Morgan fingerprint density at radius 2 is 1.86 bits per heavy atom. The molecule has 0 aliphatic heterocycles. The fourth-order valence-corrected chi connectivity index (χ4v) is 0.987. The standard InChI is InChI=1S/C9H12N2O2.Co/c10-8(9(11)13)5-6-1-3-7(12)4-2-6;/h1-4,8,12H,5,10H2,(H2,11,13);/t8-;/m0./s1. The Balaban J connectivity index is 0.00000169. The van der Waals surface area contributed by atoms with Gasteiger partial charge in [-0.25, -0.2) is 0 Å². The molecule has 14 heavy (non-hydrogen) atoms. The molecule has 0 aromatic heterocycles. The van der Waals surface area contributed by atoms with Crippen molar-refractivity contribution in [3.05, 3.63) is 29.8 Å². The van der Waals surface area contributed by atoms with Gasteiger partial charge in [-0.15, -0.1) is 0 Å². The maximum atomic E-state index is 10.6. The molecule has 0 aliphatic rings. The minimum atomic E-state index is -0.662. The quantitative estimate of drug-likeness (QED) is 0.679. The van der Waals surface area contributed by atoms with E-state index in [1.807, 2.05) is 0 Å². The molecule has 0 bridgehead atoms. The van der Waals surface area contributed by atoms with E-state index in [0.717, 1.165) is 5.56 Å². The average Bonchev–Trinajstić information content (AvgIpc) is 2.08. The van der Waals surface area contributed by atoms with Crippen molar-refractivity contribution < 1.29 is 26.7 Å². The maximum Gasteiger partial charge on any atom is 0.234 e. The molecular formula is C9H12CoN2O2. The van der Waals surface area contributed by atoms with E-state index in [1.54, 1.807) is 24.3 Å². The van der Waals surface area contributed by atoms with E-state index in [-0.39, 0.29) is 22.5 Å². The van der Waals surface area contributed by atoms with Crippen molar-refractivity contribution in [3.8, 4) is 5.75 Å². The van der Waals surface area contributed by atoms with Crippen LogP contribution in [0.4, 0.5) is 0 Å². The zero-order valence-electron chi connectivity index (χ0n) is 7.44. The van der Waals surface area contributed by atoms with E-state index in [4.69, 9.17) is 16.6 Å². The minimum absolute atomic E-state index is 0. The number of carbonyl (C=O) groups excluding carboxylic acids is 1. The average molecular weight is 239 g/mol. The third-order valence-corrected chi connectivity index (χ3v) is 1.76. The van der Waals surface area contributed by atoms with Crippen LogP contribution in [0.3, 0.4) is 0 Å². The Hall–Kier alpha value is -1.04. The summed E-state index contributed by atoms with van der Waals surface area (Å²) < 4.78 is 0. The molecule has 0 heterocycles. The predicted molar refractivity (Wildman–Crippen MR) is 49.0 cm³/mol. The molecule has 1 rings (SSSR count). The molecule has 0 saturated carbocycles. The van der Waals surface area contributed by atoms with Crippen LogP contribution < -0.4 is 11.5 Å². The van der Waals surface area contributed by atoms with Gasteiger partial charge in [-0.05, 0) is 24.1 Å². The Labute approximate surface area is 92.5 Å². The van der Waals surface area contributed by atoms with Crippen molar-refractivity contribution in [3.63, 3.8) is 0 Å². The van der Waals surface area contributed by atoms with Crippen molar-refractivity contribution in [1.82, 2.24) is 0 Å². The van der Waals surface area contributed by atoms with Crippen LogP contribution >= 0.6 is 0 Å². The Kier molecular flexibility index (Phi) is 5.22. The molecule has 0 spiro atoms. The number of hydrogen-bond donors (Lipinski definition) is 3. The van der Waals surface area contributed by atoms with Crippen LogP contribution in [0.25, 0.3) is 0 Å². The summed E-state index contributed by atoms with van der Waals surface area (Å²) in [5.74, 6) is -0.329. The molecule has 0 saturated heterocycles. The van der Waals surface area contributed by atoms with Gasteiger partial charge in [-0.2, -0.15) is 0 Å². The summed E-state index contributed by atoms with van der Waals surface area (Å²) in [6.07, 6.45) is 0.398. The van der Waals surface area contributed by atoms with Crippen LogP contribution in [0.1, 0.15) is 5.56 Å². The largest absolute Gasteiger partial charge is 0.508 e. The molecule has 1 atom stereocenters. The van der Waals surface area contributed by atoms with Gasteiger partial charge in [-0.3, -0.25) is 4.79 Å². The molecule has 1 aromatic rings. The molecule has 1 radical (unpaired) electrons. The van der Waals surface area contributed by atoms with E-state index in [1.165, 1.54) is 0 Å². The number of primary amides is 1. The first-order valence-corrected chi connectivity index (χ1v) is 3.92. The topological polar surface area (TPSA) is 89.3 Å². The molecule has 0 aliphatic carbocycles. The summed E-state index contributed by atoms with van der Waals surface area (Å²) in [6.45, 7) is 0. The molecule has 79 valence electrons. The fraction of sp³-hybridized carbons (Fsp3) is 0.222. The Morgan fingerprint density at radius 3 is 2.29 bits per heavy atom. The molecule has 0 fully saturated rings. The van der Waals surface area contributed by atoms with Crippen molar-refractivity contribution >= 4 is 5.91 Å². The van der Waals surface area contributed by atoms with Crippen LogP contribution in [-0.2, 0) is 28.0 Å². The van der Waals surface area contributed by atoms with Crippen molar-refractivity contribution in [2.75, 3.05) is 0 Å². The summed E-state index contributed by atoms with van der Waals surface area (Å²) in [4.78, 5) is 10.6. The predicted octanol–water partition coefficient (Wildman–Crippen LogP) is -0.255. The SMILES string of the molecule is NC(=O)[C@@H](N)Cc1ccc(O)cc1.[Co]. The number of benzene rings is 1. The second kappa shape index (κ2) is 5.64.